The Bertz CT molecular complexity index is 1260. The molecule has 0 aliphatic carbocycles. The van der Waals surface area contributed by atoms with Crippen LogP contribution in [0.3, 0.4) is 0 Å². The second-order valence-electron chi connectivity index (χ2n) is 8.38. The van der Waals surface area contributed by atoms with E-state index in [0.29, 0.717) is 31.0 Å². The van der Waals surface area contributed by atoms with Crippen molar-refractivity contribution in [1.82, 2.24) is 23.9 Å². The van der Waals surface area contributed by atoms with Crippen molar-refractivity contribution < 1.29 is 17.9 Å². The van der Waals surface area contributed by atoms with Crippen LogP contribution in [-0.4, -0.2) is 63.5 Å². The molecule has 0 saturated carbocycles. The molecule has 0 bridgehead atoms. The second kappa shape index (κ2) is 9.16. The van der Waals surface area contributed by atoms with Gasteiger partial charge in [0.05, 0.1) is 17.1 Å². The monoisotopic (exact) mass is 472 g/mol. The van der Waals surface area contributed by atoms with Crippen molar-refractivity contribution in [3.8, 4) is 0 Å². The number of fused-ring (bicyclic) bond motifs is 1. The molecule has 0 spiro atoms. The normalized spacial score (nSPS) is 19.6. The summed E-state index contributed by atoms with van der Waals surface area (Å²) in [6, 6.07) is 6.26. The van der Waals surface area contributed by atoms with Crippen LogP contribution >= 0.6 is 0 Å². The number of anilines is 1. The van der Waals surface area contributed by atoms with Crippen LogP contribution in [0.1, 0.15) is 37.2 Å². The molecule has 4 rings (SSSR count). The number of aryl methyl sites for hydroxylation is 2. The number of carbonyl (C=O) groups excluding carboxylic acids is 1. The van der Waals surface area contributed by atoms with Crippen molar-refractivity contribution in [2.45, 2.75) is 57.6 Å². The number of benzene rings is 1. The second-order valence-corrected chi connectivity index (χ2v) is 10.3. The van der Waals surface area contributed by atoms with Crippen LogP contribution in [0.15, 0.2) is 35.5 Å². The Labute approximate surface area is 193 Å². The van der Waals surface area contributed by atoms with Crippen LogP contribution in [0.4, 0.5) is 5.69 Å². The van der Waals surface area contributed by atoms with Gasteiger partial charge in [0.25, 0.3) is 5.78 Å². The first-order chi connectivity index (χ1) is 15.6. The van der Waals surface area contributed by atoms with Crippen LogP contribution in [0.5, 0.6) is 0 Å². The van der Waals surface area contributed by atoms with Crippen LogP contribution in [-0.2, 0) is 26.0 Å². The zero-order valence-corrected chi connectivity index (χ0v) is 20.0. The minimum Gasteiger partial charge on any atom is -0.373 e. The number of nitrogens with zero attached hydrogens (tertiary/aromatic N) is 5. The molecular formula is C22H28N6O4S. The van der Waals surface area contributed by atoms with Crippen molar-refractivity contribution in [1.29, 1.82) is 0 Å². The van der Waals surface area contributed by atoms with Crippen molar-refractivity contribution in [2.24, 2.45) is 0 Å². The van der Waals surface area contributed by atoms with Gasteiger partial charge in [0, 0.05) is 36.6 Å². The molecule has 1 saturated heterocycles. The molecule has 1 aromatic carbocycles. The third kappa shape index (κ3) is 4.90. The molecule has 3 aromatic rings. The van der Waals surface area contributed by atoms with E-state index >= 15 is 0 Å². The summed E-state index contributed by atoms with van der Waals surface area (Å²) in [6.45, 7) is 8.18. The highest BCUT2D eigenvalue weighted by Gasteiger charge is 2.32. The third-order valence-electron chi connectivity index (χ3n) is 5.75. The average Bonchev–Trinajstić information content (AvgIpc) is 3.22. The predicted octanol–water partition coefficient (Wildman–Crippen LogP) is 2.11. The Balaban J connectivity index is 1.39. The van der Waals surface area contributed by atoms with E-state index in [-0.39, 0.29) is 29.4 Å². The average molecular weight is 473 g/mol. The van der Waals surface area contributed by atoms with E-state index in [9.17, 15) is 13.2 Å². The van der Waals surface area contributed by atoms with Gasteiger partial charge in [-0.1, -0.05) is 0 Å². The first-order valence-corrected chi connectivity index (χ1v) is 12.3. The Kier molecular flexibility index (Phi) is 6.46. The Hall–Kier alpha value is -2.89. The van der Waals surface area contributed by atoms with Gasteiger partial charge in [0.2, 0.25) is 15.9 Å². The largest absolute Gasteiger partial charge is 0.373 e. The van der Waals surface area contributed by atoms with Gasteiger partial charge in [-0.05, 0) is 63.9 Å². The van der Waals surface area contributed by atoms with Crippen molar-refractivity contribution >= 4 is 27.4 Å². The van der Waals surface area contributed by atoms with Gasteiger partial charge in [-0.3, -0.25) is 4.79 Å². The number of sulfonamides is 1. The number of rotatable bonds is 6. The fourth-order valence-electron chi connectivity index (χ4n) is 4.17. The maximum atomic E-state index is 13.0. The molecule has 3 heterocycles. The zero-order chi connectivity index (χ0) is 23.8. The smallest absolute Gasteiger partial charge is 0.252 e. The van der Waals surface area contributed by atoms with E-state index < -0.39 is 10.0 Å². The molecular weight excluding hydrogens is 444 g/mol. The summed E-state index contributed by atoms with van der Waals surface area (Å²) < 4.78 is 34.7. The van der Waals surface area contributed by atoms with E-state index in [1.54, 1.807) is 16.6 Å². The predicted molar refractivity (Wildman–Crippen MR) is 122 cm³/mol. The summed E-state index contributed by atoms with van der Waals surface area (Å²) in [5, 5.41) is 7.00. The van der Waals surface area contributed by atoms with E-state index in [2.05, 4.69) is 20.4 Å². The molecule has 0 unspecified atom stereocenters. The van der Waals surface area contributed by atoms with E-state index in [1.807, 2.05) is 27.7 Å². The Morgan fingerprint density at radius 3 is 2.48 bits per heavy atom. The van der Waals surface area contributed by atoms with Gasteiger partial charge in [0.15, 0.2) is 0 Å². The molecule has 1 aliphatic heterocycles. The van der Waals surface area contributed by atoms with Gasteiger partial charge in [-0.15, -0.1) is 0 Å². The number of hydrogen-bond donors (Lipinski definition) is 1. The maximum Gasteiger partial charge on any atom is 0.252 e. The van der Waals surface area contributed by atoms with Crippen LogP contribution in [0.2, 0.25) is 0 Å². The summed E-state index contributed by atoms with van der Waals surface area (Å²) in [6.07, 6.45) is 1.90. The summed E-state index contributed by atoms with van der Waals surface area (Å²) in [5.74, 6) is 0.369. The standard InChI is InChI=1S/C22H28N6O4S/c1-14-11-27(12-15(2)32-14)33(30,31)19-7-5-18(6-8-19)26-21(29)10-9-20-16(3)25-22-23-13-24-28(22)17(20)4/h5-8,13-15H,9-12H2,1-4H3,(H,26,29)/t14-,15+. The first-order valence-electron chi connectivity index (χ1n) is 10.9. The summed E-state index contributed by atoms with van der Waals surface area (Å²) in [4.78, 5) is 21.2. The number of hydrogen-bond acceptors (Lipinski definition) is 7. The Morgan fingerprint density at radius 2 is 1.82 bits per heavy atom. The molecule has 1 N–H and O–H groups in total. The number of ether oxygens (including phenoxy) is 1. The zero-order valence-electron chi connectivity index (χ0n) is 19.1. The molecule has 1 fully saturated rings. The molecule has 10 nitrogen and oxygen atoms in total. The third-order valence-corrected chi connectivity index (χ3v) is 7.60. The van der Waals surface area contributed by atoms with E-state index in [0.717, 1.165) is 17.0 Å². The van der Waals surface area contributed by atoms with Crippen LogP contribution in [0.25, 0.3) is 5.78 Å². The molecule has 1 aliphatic rings. The summed E-state index contributed by atoms with van der Waals surface area (Å²) in [5.41, 5.74) is 3.23. The highest BCUT2D eigenvalue weighted by atomic mass is 32.2. The number of morpholine rings is 1. The summed E-state index contributed by atoms with van der Waals surface area (Å²) in [7, 11) is -3.62. The number of amides is 1. The minimum atomic E-state index is -3.62. The molecule has 11 heteroatoms. The lowest BCUT2D eigenvalue weighted by Gasteiger charge is -2.34. The number of nitrogens with one attached hydrogen (secondary N) is 1. The molecule has 2 atom stereocenters. The van der Waals surface area contributed by atoms with Gasteiger partial charge >= 0.3 is 0 Å². The molecule has 176 valence electrons. The van der Waals surface area contributed by atoms with Crippen molar-refractivity contribution in [3.63, 3.8) is 0 Å². The SMILES string of the molecule is Cc1nc2ncnn2c(C)c1CCC(=O)Nc1ccc(S(=O)(=O)N2C[C@@H](C)O[C@@H](C)C2)cc1. The van der Waals surface area contributed by atoms with E-state index in [1.165, 1.54) is 22.8 Å². The number of aromatic nitrogens is 4. The molecule has 1 amide bonds. The Morgan fingerprint density at radius 1 is 1.15 bits per heavy atom. The number of carbonyl (C=O) groups is 1. The van der Waals surface area contributed by atoms with Gasteiger partial charge < -0.3 is 10.1 Å². The lowest BCUT2D eigenvalue weighted by molar-refractivity contribution is -0.116. The van der Waals surface area contributed by atoms with Crippen molar-refractivity contribution in [3.05, 3.63) is 47.5 Å². The molecule has 33 heavy (non-hydrogen) atoms. The minimum absolute atomic E-state index is 0.158. The van der Waals surface area contributed by atoms with Gasteiger partial charge in [0.1, 0.15) is 6.33 Å². The summed E-state index contributed by atoms with van der Waals surface area (Å²) >= 11 is 0. The fraction of sp³-hybridized carbons (Fsp3) is 0.455. The highest BCUT2D eigenvalue weighted by Crippen LogP contribution is 2.23. The molecule has 0 radical (unpaired) electrons. The first kappa shape index (κ1) is 23.3. The van der Waals surface area contributed by atoms with Gasteiger partial charge in [-0.2, -0.15) is 14.4 Å². The lowest BCUT2D eigenvalue weighted by Crippen LogP contribution is -2.48. The van der Waals surface area contributed by atoms with Crippen LogP contribution < -0.4 is 5.32 Å². The maximum absolute atomic E-state index is 13.0. The van der Waals surface area contributed by atoms with E-state index in [4.69, 9.17) is 4.74 Å². The lowest BCUT2D eigenvalue weighted by atomic mass is 10.1. The molecule has 2 aromatic heterocycles. The van der Waals surface area contributed by atoms with Crippen LogP contribution in [0, 0.1) is 13.8 Å². The highest BCUT2D eigenvalue weighted by molar-refractivity contribution is 7.89. The van der Waals surface area contributed by atoms with Gasteiger partial charge in [-0.25, -0.2) is 17.9 Å². The topological polar surface area (TPSA) is 119 Å². The van der Waals surface area contributed by atoms with Crippen molar-refractivity contribution in [2.75, 3.05) is 18.4 Å². The quantitative estimate of drug-likeness (QED) is 0.584. The fourth-order valence-corrected chi connectivity index (χ4v) is 5.76.